The van der Waals surface area contributed by atoms with E-state index in [0.717, 1.165) is 11.1 Å². The van der Waals surface area contributed by atoms with Gasteiger partial charge in [-0.2, -0.15) is 0 Å². The Balaban J connectivity index is 2.21. The van der Waals surface area contributed by atoms with Crippen molar-refractivity contribution in [3.05, 3.63) is 65.7 Å². The minimum absolute atomic E-state index is 0.0180. The van der Waals surface area contributed by atoms with E-state index in [1.165, 1.54) is 0 Å². The smallest absolute Gasteiger partial charge is 0.235 e. The van der Waals surface area contributed by atoms with Crippen molar-refractivity contribution in [3.63, 3.8) is 0 Å². The zero-order chi connectivity index (χ0) is 15.1. The van der Waals surface area contributed by atoms with Crippen molar-refractivity contribution in [1.29, 1.82) is 0 Å². The minimum Gasteiger partial charge on any atom is -0.508 e. The van der Waals surface area contributed by atoms with Gasteiger partial charge in [-0.3, -0.25) is 4.79 Å². The van der Waals surface area contributed by atoms with E-state index >= 15 is 0 Å². The molecule has 0 aromatic heterocycles. The van der Waals surface area contributed by atoms with Crippen LogP contribution in [-0.4, -0.2) is 16.6 Å². The lowest BCUT2D eigenvalue weighted by atomic mass is 9.70. The quantitative estimate of drug-likeness (QED) is 0.889. The SMILES string of the molecule is CC1(C)CC(c2ccccc2)(c2ccc(O)cc2)C(=O)N1. The number of amides is 1. The molecule has 2 aromatic rings. The van der Waals surface area contributed by atoms with E-state index in [9.17, 15) is 9.90 Å². The van der Waals surface area contributed by atoms with E-state index in [1.807, 2.05) is 56.3 Å². The molecule has 0 aliphatic carbocycles. The topological polar surface area (TPSA) is 49.3 Å². The second-order valence-corrected chi connectivity index (χ2v) is 6.33. The van der Waals surface area contributed by atoms with Crippen molar-refractivity contribution in [2.75, 3.05) is 0 Å². The van der Waals surface area contributed by atoms with Gasteiger partial charge in [0.1, 0.15) is 11.2 Å². The van der Waals surface area contributed by atoms with Crippen LogP contribution in [0, 0.1) is 0 Å². The first kappa shape index (κ1) is 13.7. The highest BCUT2D eigenvalue weighted by atomic mass is 16.3. The number of carbonyl (C=O) groups is 1. The zero-order valence-corrected chi connectivity index (χ0v) is 12.3. The van der Waals surface area contributed by atoms with Crippen LogP contribution in [0.2, 0.25) is 0 Å². The number of benzene rings is 2. The Labute approximate surface area is 124 Å². The van der Waals surface area contributed by atoms with Crippen LogP contribution in [0.4, 0.5) is 0 Å². The van der Waals surface area contributed by atoms with Gasteiger partial charge in [0.15, 0.2) is 0 Å². The number of aromatic hydroxyl groups is 1. The number of rotatable bonds is 2. The summed E-state index contributed by atoms with van der Waals surface area (Å²) in [6.07, 6.45) is 0.688. The maximum atomic E-state index is 12.8. The molecule has 1 atom stereocenters. The first-order chi connectivity index (χ1) is 9.94. The Morgan fingerprint density at radius 1 is 0.952 bits per heavy atom. The maximum Gasteiger partial charge on any atom is 0.235 e. The predicted molar refractivity (Wildman–Crippen MR) is 82.2 cm³/mol. The third-order valence-electron chi connectivity index (χ3n) is 4.17. The largest absolute Gasteiger partial charge is 0.508 e. The average Bonchev–Trinajstić information content (AvgIpc) is 2.71. The fraction of sp³-hybridized carbons (Fsp3) is 0.278. The molecule has 3 rings (SSSR count). The Kier molecular flexibility index (Phi) is 3.01. The molecule has 1 aliphatic heterocycles. The van der Waals surface area contributed by atoms with Gasteiger partial charge in [-0.1, -0.05) is 42.5 Å². The molecule has 0 saturated carbocycles. The van der Waals surface area contributed by atoms with Gasteiger partial charge < -0.3 is 10.4 Å². The highest BCUT2D eigenvalue weighted by Crippen LogP contribution is 2.44. The Hall–Kier alpha value is -2.29. The lowest BCUT2D eigenvalue weighted by Gasteiger charge is -2.28. The molecule has 0 spiro atoms. The monoisotopic (exact) mass is 281 g/mol. The predicted octanol–water partition coefficient (Wildman–Crippen LogP) is 2.98. The van der Waals surface area contributed by atoms with E-state index in [0.29, 0.717) is 6.42 Å². The van der Waals surface area contributed by atoms with Crippen LogP contribution >= 0.6 is 0 Å². The molecular formula is C18H19NO2. The molecular weight excluding hydrogens is 262 g/mol. The Bertz CT molecular complexity index is 661. The molecule has 21 heavy (non-hydrogen) atoms. The van der Waals surface area contributed by atoms with Crippen LogP contribution in [0.1, 0.15) is 31.4 Å². The summed E-state index contributed by atoms with van der Waals surface area (Å²) in [6.45, 7) is 4.08. The molecule has 1 fully saturated rings. The first-order valence-corrected chi connectivity index (χ1v) is 7.12. The highest BCUT2D eigenvalue weighted by Gasteiger charge is 2.52. The third kappa shape index (κ3) is 2.19. The van der Waals surface area contributed by atoms with E-state index in [2.05, 4.69) is 5.32 Å². The average molecular weight is 281 g/mol. The van der Waals surface area contributed by atoms with Crippen molar-refractivity contribution in [2.24, 2.45) is 0 Å². The summed E-state index contributed by atoms with van der Waals surface area (Å²) >= 11 is 0. The van der Waals surface area contributed by atoms with Gasteiger partial charge in [-0.05, 0) is 43.5 Å². The van der Waals surface area contributed by atoms with Gasteiger partial charge >= 0.3 is 0 Å². The summed E-state index contributed by atoms with van der Waals surface area (Å²) in [4.78, 5) is 12.8. The van der Waals surface area contributed by atoms with Crippen LogP contribution in [0.3, 0.4) is 0 Å². The number of hydrogen-bond donors (Lipinski definition) is 2. The van der Waals surface area contributed by atoms with Crippen molar-refractivity contribution in [2.45, 2.75) is 31.2 Å². The van der Waals surface area contributed by atoms with Gasteiger partial charge in [-0.25, -0.2) is 0 Å². The first-order valence-electron chi connectivity index (χ1n) is 7.12. The molecule has 3 nitrogen and oxygen atoms in total. The molecule has 1 saturated heterocycles. The fourth-order valence-electron chi connectivity index (χ4n) is 3.30. The summed E-state index contributed by atoms with van der Waals surface area (Å²) in [5.74, 6) is 0.226. The second kappa shape index (κ2) is 4.62. The van der Waals surface area contributed by atoms with E-state index in [-0.39, 0.29) is 17.2 Å². The van der Waals surface area contributed by atoms with Crippen LogP contribution < -0.4 is 5.32 Å². The van der Waals surface area contributed by atoms with E-state index in [4.69, 9.17) is 0 Å². The summed E-state index contributed by atoms with van der Waals surface area (Å²) < 4.78 is 0. The number of carbonyl (C=O) groups excluding carboxylic acids is 1. The van der Waals surface area contributed by atoms with E-state index in [1.54, 1.807) is 12.1 Å². The lowest BCUT2D eigenvalue weighted by molar-refractivity contribution is -0.123. The molecule has 1 amide bonds. The van der Waals surface area contributed by atoms with Gasteiger partial charge in [0.05, 0.1) is 0 Å². The summed E-state index contributed by atoms with van der Waals surface area (Å²) in [5, 5.41) is 12.6. The van der Waals surface area contributed by atoms with Crippen molar-refractivity contribution >= 4 is 5.91 Å². The number of nitrogens with one attached hydrogen (secondary N) is 1. The lowest BCUT2D eigenvalue weighted by Crippen LogP contribution is -2.38. The van der Waals surface area contributed by atoms with Crippen LogP contribution in [-0.2, 0) is 10.2 Å². The van der Waals surface area contributed by atoms with Gasteiger partial charge in [-0.15, -0.1) is 0 Å². The van der Waals surface area contributed by atoms with E-state index < -0.39 is 5.41 Å². The summed E-state index contributed by atoms with van der Waals surface area (Å²) in [7, 11) is 0. The molecule has 0 bridgehead atoms. The molecule has 3 heteroatoms. The molecule has 108 valence electrons. The standard InChI is InChI=1S/C18H19NO2/c1-17(2)12-18(16(21)19-17,13-6-4-3-5-7-13)14-8-10-15(20)11-9-14/h3-11,20H,12H2,1-2H3,(H,19,21). The van der Waals surface area contributed by atoms with Gasteiger partial charge in [0.2, 0.25) is 5.91 Å². The van der Waals surface area contributed by atoms with Crippen molar-refractivity contribution in [3.8, 4) is 5.75 Å². The van der Waals surface area contributed by atoms with Crippen LogP contribution in [0.25, 0.3) is 0 Å². The normalized spacial score (nSPS) is 23.8. The highest BCUT2D eigenvalue weighted by molar-refractivity contribution is 5.95. The fourth-order valence-corrected chi connectivity index (χ4v) is 3.30. The van der Waals surface area contributed by atoms with Crippen molar-refractivity contribution < 1.29 is 9.90 Å². The van der Waals surface area contributed by atoms with Crippen LogP contribution in [0.15, 0.2) is 54.6 Å². The summed E-state index contributed by atoms with van der Waals surface area (Å²) in [5.41, 5.74) is 0.942. The van der Waals surface area contributed by atoms with Gasteiger partial charge in [0, 0.05) is 5.54 Å². The zero-order valence-electron chi connectivity index (χ0n) is 12.3. The second-order valence-electron chi connectivity index (χ2n) is 6.33. The molecule has 2 aromatic carbocycles. The molecule has 1 aliphatic rings. The molecule has 2 N–H and O–H groups in total. The number of phenolic OH excluding ortho intramolecular Hbond substituents is 1. The third-order valence-corrected chi connectivity index (χ3v) is 4.17. The maximum absolute atomic E-state index is 12.8. The molecule has 1 unspecified atom stereocenters. The molecule has 1 heterocycles. The van der Waals surface area contributed by atoms with Crippen LogP contribution in [0.5, 0.6) is 5.75 Å². The summed E-state index contributed by atoms with van der Waals surface area (Å²) in [6, 6.07) is 16.8. The molecule has 0 radical (unpaired) electrons. The Morgan fingerprint density at radius 3 is 2.05 bits per heavy atom. The van der Waals surface area contributed by atoms with Gasteiger partial charge in [0.25, 0.3) is 0 Å². The number of hydrogen-bond acceptors (Lipinski definition) is 2. The van der Waals surface area contributed by atoms with Crippen molar-refractivity contribution in [1.82, 2.24) is 5.32 Å². The Morgan fingerprint density at radius 2 is 1.52 bits per heavy atom. The minimum atomic E-state index is -0.696. The number of phenols is 1.